The van der Waals surface area contributed by atoms with E-state index >= 15 is 0 Å². The minimum atomic E-state index is -0.135. The Labute approximate surface area is 76.4 Å². The van der Waals surface area contributed by atoms with Gasteiger partial charge in [-0.1, -0.05) is 13.8 Å². The number of hydrogen-bond donors (Lipinski definition) is 1. The van der Waals surface area contributed by atoms with Crippen molar-refractivity contribution < 1.29 is 4.79 Å². The van der Waals surface area contributed by atoms with Crippen LogP contribution in [0, 0.1) is 5.92 Å². The molecule has 0 spiro atoms. The molecule has 13 heavy (non-hydrogen) atoms. The van der Waals surface area contributed by atoms with Crippen molar-refractivity contribution in [2.24, 2.45) is 5.92 Å². The molecule has 1 atom stereocenters. The lowest BCUT2D eigenvalue weighted by Crippen LogP contribution is -2.17. The lowest BCUT2D eigenvalue weighted by molar-refractivity contribution is -0.117. The molecule has 2 heterocycles. The highest BCUT2D eigenvalue weighted by atomic mass is 16.2. The Kier molecular flexibility index (Phi) is 1.76. The summed E-state index contributed by atoms with van der Waals surface area (Å²) in [5.41, 5.74) is 1.58. The minimum Gasteiger partial charge on any atom is -0.324 e. The van der Waals surface area contributed by atoms with Gasteiger partial charge in [-0.15, -0.1) is 0 Å². The van der Waals surface area contributed by atoms with Gasteiger partial charge in [0.1, 0.15) is 0 Å². The Morgan fingerprint density at radius 2 is 2.31 bits per heavy atom. The summed E-state index contributed by atoms with van der Waals surface area (Å²) in [5.74, 6) is 0.159. The van der Waals surface area contributed by atoms with Crippen LogP contribution in [0.2, 0.25) is 0 Å². The zero-order chi connectivity index (χ0) is 9.42. The van der Waals surface area contributed by atoms with Gasteiger partial charge in [0.2, 0.25) is 5.91 Å². The van der Waals surface area contributed by atoms with E-state index in [9.17, 15) is 4.79 Å². The lowest BCUT2D eigenvalue weighted by Gasteiger charge is -2.10. The van der Waals surface area contributed by atoms with E-state index in [0.717, 1.165) is 11.4 Å². The Balaban J connectivity index is 2.46. The van der Waals surface area contributed by atoms with Crippen molar-refractivity contribution in [1.29, 1.82) is 0 Å². The Morgan fingerprint density at radius 3 is 3.00 bits per heavy atom. The van der Waals surface area contributed by atoms with Crippen LogP contribution in [0.3, 0.4) is 0 Å². The Bertz CT molecular complexity index is 348. The molecule has 0 bridgehead atoms. The van der Waals surface area contributed by atoms with Crippen molar-refractivity contribution >= 4 is 11.6 Å². The molecule has 0 radical (unpaired) electrons. The predicted molar refractivity (Wildman–Crippen MR) is 48.2 cm³/mol. The van der Waals surface area contributed by atoms with Gasteiger partial charge in [0.25, 0.3) is 0 Å². The maximum absolute atomic E-state index is 11.5. The maximum atomic E-state index is 11.5. The predicted octanol–water partition coefficient (Wildman–Crippen LogP) is 1.17. The molecule has 1 N–H and O–H groups in total. The number of nitrogens with one attached hydrogen (secondary N) is 1. The van der Waals surface area contributed by atoms with Gasteiger partial charge in [0.05, 0.1) is 23.5 Å². The van der Waals surface area contributed by atoms with Crippen LogP contribution >= 0.6 is 0 Å². The molecule has 1 unspecified atom stereocenters. The van der Waals surface area contributed by atoms with E-state index in [2.05, 4.69) is 15.5 Å². The first kappa shape index (κ1) is 8.16. The molecule has 4 nitrogen and oxygen atoms in total. The Hall–Kier alpha value is -1.45. The molecule has 1 aliphatic rings. The van der Waals surface area contributed by atoms with Crippen LogP contribution in [-0.2, 0) is 4.79 Å². The highest BCUT2D eigenvalue weighted by molar-refractivity contribution is 6.02. The number of hydrogen-bond acceptors (Lipinski definition) is 3. The van der Waals surface area contributed by atoms with Crippen LogP contribution in [0.25, 0.3) is 0 Å². The van der Waals surface area contributed by atoms with Gasteiger partial charge in [-0.3, -0.25) is 4.79 Å². The third-order valence-corrected chi connectivity index (χ3v) is 2.25. The van der Waals surface area contributed by atoms with Crippen LogP contribution < -0.4 is 5.32 Å². The second kappa shape index (κ2) is 2.80. The van der Waals surface area contributed by atoms with E-state index in [0.29, 0.717) is 0 Å². The van der Waals surface area contributed by atoms with Crippen molar-refractivity contribution in [1.82, 2.24) is 10.2 Å². The fraction of sp³-hybridized carbons (Fsp3) is 0.444. The molecule has 1 aliphatic heterocycles. The number of carbonyl (C=O) groups excluding carboxylic acids is 1. The number of amides is 1. The summed E-state index contributed by atoms with van der Waals surface area (Å²) in [6, 6.07) is 1.78. The number of carbonyl (C=O) groups is 1. The quantitative estimate of drug-likeness (QED) is 0.700. The fourth-order valence-corrected chi connectivity index (χ4v) is 1.63. The number of aromatic nitrogens is 2. The van der Waals surface area contributed by atoms with Gasteiger partial charge in [-0.05, 0) is 12.0 Å². The molecule has 1 aromatic rings. The average Bonchev–Trinajstić information content (AvgIpc) is 2.39. The number of rotatable bonds is 1. The van der Waals surface area contributed by atoms with Crippen molar-refractivity contribution in [3.8, 4) is 0 Å². The van der Waals surface area contributed by atoms with Gasteiger partial charge >= 0.3 is 0 Å². The fourth-order valence-electron chi connectivity index (χ4n) is 1.63. The first-order chi connectivity index (χ1) is 6.20. The van der Waals surface area contributed by atoms with Crippen LogP contribution in [0.4, 0.5) is 5.69 Å². The van der Waals surface area contributed by atoms with Crippen molar-refractivity contribution in [2.75, 3.05) is 5.32 Å². The molecular formula is C9H11N3O. The zero-order valence-electron chi connectivity index (χ0n) is 7.61. The molecule has 0 aromatic carbocycles. The van der Waals surface area contributed by atoms with E-state index in [1.54, 1.807) is 12.3 Å². The van der Waals surface area contributed by atoms with Crippen molar-refractivity contribution in [2.45, 2.75) is 19.8 Å². The second-order valence-corrected chi connectivity index (χ2v) is 3.54. The number of nitrogens with zero attached hydrogens (tertiary/aromatic N) is 2. The highest BCUT2D eigenvalue weighted by Gasteiger charge is 2.34. The summed E-state index contributed by atoms with van der Waals surface area (Å²) in [4.78, 5) is 11.5. The van der Waals surface area contributed by atoms with Gasteiger partial charge < -0.3 is 5.32 Å². The second-order valence-electron chi connectivity index (χ2n) is 3.54. The summed E-state index contributed by atoms with van der Waals surface area (Å²) in [7, 11) is 0. The third kappa shape index (κ3) is 1.18. The normalized spacial score (nSPS) is 20.2. The largest absolute Gasteiger partial charge is 0.324 e. The monoisotopic (exact) mass is 177 g/mol. The van der Waals surface area contributed by atoms with E-state index in [1.165, 1.54) is 0 Å². The van der Waals surface area contributed by atoms with Crippen LogP contribution in [0.5, 0.6) is 0 Å². The van der Waals surface area contributed by atoms with Crippen molar-refractivity contribution in [3.63, 3.8) is 0 Å². The molecule has 68 valence electrons. The van der Waals surface area contributed by atoms with Crippen LogP contribution in [-0.4, -0.2) is 16.1 Å². The molecule has 1 aromatic heterocycles. The van der Waals surface area contributed by atoms with Gasteiger partial charge in [0, 0.05) is 0 Å². The molecule has 0 saturated heterocycles. The van der Waals surface area contributed by atoms with Crippen molar-refractivity contribution in [3.05, 3.63) is 18.0 Å². The number of anilines is 1. The summed E-state index contributed by atoms with van der Waals surface area (Å²) < 4.78 is 0. The first-order valence-corrected chi connectivity index (χ1v) is 4.32. The standard InChI is InChI=1S/C9H11N3O/c1-5(2)7-8-6(11-9(7)13)3-4-10-12-8/h3-5,7H,1-2H3,(H,11,13). The highest BCUT2D eigenvalue weighted by Crippen LogP contribution is 2.34. The molecule has 0 fully saturated rings. The molecule has 2 rings (SSSR count). The molecule has 4 heteroatoms. The van der Waals surface area contributed by atoms with E-state index in [1.807, 2.05) is 13.8 Å². The minimum absolute atomic E-state index is 0.0329. The molecule has 0 saturated carbocycles. The van der Waals surface area contributed by atoms with Gasteiger partial charge in [-0.25, -0.2) is 0 Å². The summed E-state index contributed by atoms with van der Waals surface area (Å²) in [5, 5.41) is 10.5. The van der Waals surface area contributed by atoms with Crippen LogP contribution in [0.15, 0.2) is 12.3 Å². The molecule has 0 aliphatic carbocycles. The molecular weight excluding hydrogens is 166 g/mol. The number of fused-ring (bicyclic) bond motifs is 1. The van der Waals surface area contributed by atoms with E-state index in [-0.39, 0.29) is 17.7 Å². The third-order valence-electron chi connectivity index (χ3n) is 2.25. The SMILES string of the molecule is CC(C)C1C(=O)Nc2ccnnc21. The summed E-state index contributed by atoms with van der Waals surface area (Å²) >= 11 is 0. The topological polar surface area (TPSA) is 54.9 Å². The summed E-state index contributed by atoms with van der Waals surface area (Å²) in [6.45, 7) is 4.02. The maximum Gasteiger partial charge on any atom is 0.233 e. The first-order valence-electron chi connectivity index (χ1n) is 4.32. The Morgan fingerprint density at radius 1 is 1.54 bits per heavy atom. The average molecular weight is 177 g/mol. The van der Waals surface area contributed by atoms with Crippen LogP contribution in [0.1, 0.15) is 25.5 Å². The lowest BCUT2D eigenvalue weighted by atomic mass is 9.94. The smallest absolute Gasteiger partial charge is 0.233 e. The van der Waals surface area contributed by atoms with Gasteiger partial charge in [0.15, 0.2) is 0 Å². The van der Waals surface area contributed by atoms with Gasteiger partial charge in [-0.2, -0.15) is 10.2 Å². The summed E-state index contributed by atoms with van der Waals surface area (Å²) in [6.07, 6.45) is 1.59. The van der Waals surface area contributed by atoms with E-state index < -0.39 is 0 Å². The van der Waals surface area contributed by atoms with E-state index in [4.69, 9.17) is 0 Å². The molecule has 1 amide bonds. The zero-order valence-corrected chi connectivity index (χ0v) is 7.61.